The molecule has 0 spiro atoms. The minimum absolute atomic E-state index is 0.0797. The third-order valence-corrected chi connectivity index (χ3v) is 4.79. The third kappa shape index (κ3) is 3.47. The second kappa shape index (κ2) is 7.08. The fourth-order valence-electron chi connectivity index (χ4n) is 2.60. The van der Waals surface area contributed by atoms with Gasteiger partial charge in [0.1, 0.15) is 5.75 Å². The molecule has 27 heavy (non-hydrogen) atoms. The van der Waals surface area contributed by atoms with Gasteiger partial charge in [0.2, 0.25) is 11.0 Å². The first-order valence-electron chi connectivity index (χ1n) is 8.02. The van der Waals surface area contributed by atoms with Gasteiger partial charge in [0.25, 0.3) is 5.91 Å². The summed E-state index contributed by atoms with van der Waals surface area (Å²) in [5.41, 5.74) is 1.92. The number of aromatic hydroxyl groups is 1. The van der Waals surface area contributed by atoms with Crippen molar-refractivity contribution < 1.29 is 14.6 Å². The SMILES string of the molecule is COc1ccc(C=C2SC(N=Nc3c(O)[nH]c4ccccc34)=NC2=O)cc1. The summed E-state index contributed by atoms with van der Waals surface area (Å²) in [7, 11) is 1.60. The summed E-state index contributed by atoms with van der Waals surface area (Å²) in [6, 6.07) is 14.7. The van der Waals surface area contributed by atoms with Crippen molar-refractivity contribution in [1.29, 1.82) is 0 Å². The third-order valence-electron chi connectivity index (χ3n) is 3.92. The van der Waals surface area contributed by atoms with Crippen molar-refractivity contribution in [2.75, 3.05) is 7.11 Å². The van der Waals surface area contributed by atoms with Crippen molar-refractivity contribution in [3.8, 4) is 11.6 Å². The molecule has 0 aliphatic carbocycles. The predicted molar refractivity (Wildman–Crippen MR) is 105 cm³/mol. The molecule has 1 aliphatic rings. The van der Waals surface area contributed by atoms with Gasteiger partial charge in [-0.2, -0.15) is 4.99 Å². The number of H-pyrrole nitrogens is 1. The zero-order valence-electron chi connectivity index (χ0n) is 14.2. The molecule has 0 saturated carbocycles. The fraction of sp³-hybridized carbons (Fsp3) is 0.0526. The zero-order valence-corrected chi connectivity index (χ0v) is 15.0. The Bertz CT molecular complexity index is 1110. The molecule has 0 unspecified atom stereocenters. The lowest BCUT2D eigenvalue weighted by Gasteiger charge is -1.99. The van der Waals surface area contributed by atoms with Crippen LogP contribution in [-0.2, 0) is 4.79 Å². The van der Waals surface area contributed by atoms with E-state index in [1.807, 2.05) is 48.5 Å². The van der Waals surface area contributed by atoms with Gasteiger partial charge in [-0.3, -0.25) is 4.79 Å². The topological polar surface area (TPSA) is 99.4 Å². The van der Waals surface area contributed by atoms with E-state index < -0.39 is 0 Å². The number of carbonyl (C=O) groups is 1. The Morgan fingerprint density at radius 3 is 2.70 bits per heavy atom. The number of methoxy groups -OCH3 is 1. The molecule has 134 valence electrons. The number of para-hydroxylation sites is 1. The molecule has 2 aromatic carbocycles. The van der Waals surface area contributed by atoms with Crippen molar-refractivity contribution >= 4 is 45.5 Å². The highest BCUT2D eigenvalue weighted by atomic mass is 32.2. The molecule has 3 aromatic rings. The number of ether oxygens (including phenoxy) is 1. The maximum atomic E-state index is 12.1. The minimum atomic E-state index is -0.368. The number of nitrogens with zero attached hydrogens (tertiary/aromatic N) is 3. The number of amides is 1. The standard InChI is InChI=1S/C19H14N4O3S/c1-26-12-8-6-11(7-9-12)10-15-17(24)21-19(27-15)23-22-16-13-4-2-3-5-14(13)20-18(16)25/h2-10,20,25H,1H3. The molecule has 0 atom stereocenters. The van der Waals surface area contributed by atoms with Crippen molar-refractivity contribution in [3.63, 3.8) is 0 Å². The number of amidine groups is 1. The van der Waals surface area contributed by atoms with Gasteiger partial charge < -0.3 is 14.8 Å². The van der Waals surface area contributed by atoms with Crippen LogP contribution in [0.3, 0.4) is 0 Å². The molecule has 0 saturated heterocycles. The molecule has 0 bridgehead atoms. The molecule has 1 aromatic heterocycles. The van der Waals surface area contributed by atoms with Crippen molar-refractivity contribution in [2.45, 2.75) is 0 Å². The number of fused-ring (bicyclic) bond motifs is 1. The van der Waals surface area contributed by atoms with E-state index in [1.165, 1.54) is 0 Å². The van der Waals surface area contributed by atoms with Gasteiger partial charge in [0.15, 0.2) is 5.69 Å². The zero-order chi connectivity index (χ0) is 18.8. The van der Waals surface area contributed by atoms with Crippen LogP contribution in [-0.4, -0.2) is 28.3 Å². The van der Waals surface area contributed by atoms with Gasteiger partial charge in [0, 0.05) is 5.39 Å². The number of aliphatic imine (C=N–C) groups is 1. The molecular formula is C19H14N4O3S. The molecule has 2 N–H and O–H groups in total. The van der Waals surface area contributed by atoms with Crippen LogP contribution in [0, 0.1) is 0 Å². The van der Waals surface area contributed by atoms with Crippen LogP contribution in [0.4, 0.5) is 5.69 Å². The van der Waals surface area contributed by atoms with Gasteiger partial charge in [-0.05, 0) is 41.6 Å². The monoisotopic (exact) mass is 378 g/mol. The number of hydrogen-bond donors (Lipinski definition) is 2. The van der Waals surface area contributed by atoms with E-state index in [-0.39, 0.29) is 17.0 Å². The van der Waals surface area contributed by atoms with Crippen LogP contribution >= 0.6 is 11.8 Å². The Morgan fingerprint density at radius 2 is 1.93 bits per heavy atom. The van der Waals surface area contributed by atoms with Gasteiger partial charge in [-0.25, -0.2) is 0 Å². The van der Waals surface area contributed by atoms with E-state index in [9.17, 15) is 9.90 Å². The number of benzene rings is 2. The van der Waals surface area contributed by atoms with Crippen LogP contribution < -0.4 is 4.74 Å². The van der Waals surface area contributed by atoms with Crippen molar-refractivity contribution in [1.82, 2.24) is 4.98 Å². The molecule has 2 heterocycles. The molecule has 1 aliphatic heterocycles. The normalized spacial score (nSPS) is 15.8. The summed E-state index contributed by atoms with van der Waals surface area (Å²) >= 11 is 1.13. The van der Waals surface area contributed by atoms with E-state index >= 15 is 0 Å². The number of carbonyl (C=O) groups excluding carboxylic acids is 1. The largest absolute Gasteiger partial charge is 0.497 e. The van der Waals surface area contributed by atoms with Crippen molar-refractivity contribution in [2.24, 2.45) is 15.2 Å². The number of aromatic amines is 1. The summed E-state index contributed by atoms with van der Waals surface area (Å²) < 4.78 is 5.12. The molecular weight excluding hydrogens is 364 g/mol. The lowest BCUT2D eigenvalue weighted by Crippen LogP contribution is -1.88. The average molecular weight is 378 g/mol. The Labute approximate surface area is 158 Å². The number of rotatable bonds is 3. The molecule has 0 radical (unpaired) electrons. The lowest BCUT2D eigenvalue weighted by atomic mass is 10.2. The van der Waals surface area contributed by atoms with E-state index in [0.717, 1.165) is 34.0 Å². The highest BCUT2D eigenvalue weighted by molar-refractivity contribution is 8.18. The summed E-state index contributed by atoms with van der Waals surface area (Å²) in [4.78, 5) is 19.3. The predicted octanol–water partition coefficient (Wildman–Crippen LogP) is 4.64. The van der Waals surface area contributed by atoms with Crippen molar-refractivity contribution in [3.05, 3.63) is 59.0 Å². The second-order valence-corrected chi connectivity index (χ2v) is 6.66. The summed E-state index contributed by atoms with van der Waals surface area (Å²) in [5, 5.41) is 19.1. The highest BCUT2D eigenvalue weighted by Gasteiger charge is 2.22. The maximum absolute atomic E-state index is 12.1. The van der Waals surface area contributed by atoms with Crippen LogP contribution in [0.1, 0.15) is 5.56 Å². The number of thioether (sulfide) groups is 1. The molecule has 4 rings (SSSR count). The Hall–Kier alpha value is -3.39. The fourth-order valence-corrected chi connectivity index (χ4v) is 3.33. The first-order valence-corrected chi connectivity index (χ1v) is 8.84. The summed E-state index contributed by atoms with van der Waals surface area (Å²) in [6.45, 7) is 0. The smallest absolute Gasteiger partial charge is 0.286 e. The number of nitrogens with one attached hydrogen (secondary N) is 1. The summed E-state index contributed by atoms with van der Waals surface area (Å²) in [6.07, 6.45) is 1.74. The number of hydrogen-bond acceptors (Lipinski definition) is 6. The quantitative estimate of drug-likeness (QED) is 0.512. The molecule has 0 fully saturated rings. The van der Waals surface area contributed by atoms with Crippen LogP contribution in [0.15, 0.2) is 68.7 Å². The Kier molecular flexibility index (Phi) is 4.47. The van der Waals surface area contributed by atoms with Gasteiger partial charge >= 0.3 is 0 Å². The van der Waals surface area contributed by atoms with E-state index in [0.29, 0.717) is 10.6 Å². The highest BCUT2D eigenvalue weighted by Crippen LogP contribution is 2.36. The molecule has 1 amide bonds. The lowest BCUT2D eigenvalue weighted by molar-refractivity contribution is -0.113. The van der Waals surface area contributed by atoms with Crippen LogP contribution in [0.25, 0.3) is 17.0 Å². The minimum Gasteiger partial charge on any atom is -0.497 e. The molecule has 8 heteroatoms. The first-order chi connectivity index (χ1) is 13.1. The van der Waals surface area contributed by atoms with Gasteiger partial charge in [-0.15, -0.1) is 10.2 Å². The maximum Gasteiger partial charge on any atom is 0.286 e. The Morgan fingerprint density at radius 1 is 1.15 bits per heavy atom. The van der Waals surface area contributed by atoms with Gasteiger partial charge in [0.05, 0.1) is 17.5 Å². The second-order valence-electron chi connectivity index (χ2n) is 5.65. The molecule has 7 nitrogen and oxygen atoms in total. The summed E-state index contributed by atoms with van der Waals surface area (Å²) in [5.74, 6) is 0.295. The van der Waals surface area contributed by atoms with E-state index in [1.54, 1.807) is 13.2 Å². The number of azo groups is 1. The first kappa shape index (κ1) is 17.0. The Balaban J connectivity index is 1.54. The average Bonchev–Trinajstić information content (AvgIpc) is 3.19. The number of aromatic nitrogens is 1. The van der Waals surface area contributed by atoms with Crippen LogP contribution in [0.5, 0.6) is 11.6 Å². The van der Waals surface area contributed by atoms with E-state index in [4.69, 9.17) is 4.74 Å². The van der Waals surface area contributed by atoms with Crippen LogP contribution in [0.2, 0.25) is 0 Å². The van der Waals surface area contributed by atoms with Gasteiger partial charge in [-0.1, -0.05) is 30.3 Å². The van der Waals surface area contributed by atoms with E-state index in [2.05, 4.69) is 20.2 Å².